The van der Waals surface area contributed by atoms with E-state index in [1.807, 2.05) is 54.6 Å². The van der Waals surface area contributed by atoms with Gasteiger partial charge in [-0.25, -0.2) is 0 Å². The number of halogens is 1. The van der Waals surface area contributed by atoms with Crippen molar-refractivity contribution in [2.75, 3.05) is 18.1 Å². The number of hydrogen-bond donors (Lipinski definition) is 1. The molecule has 170 valence electrons. The van der Waals surface area contributed by atoms with E-state index in [1.54, 1.807) is 29.2 Å². The molecule has 3 aromatic rings. The lowest BCUT2D eigenvalue weighted by Crippen LogP contribution is -2.33. The van der Waals surface area contributed by atoms with Crippen molar-refractivity contribution in [2.24, 2.45) is 0 Å². The number of amides is 2. The first-order valence-corrected chi connectivity index (χ1v) is 11.5. The molecule has 1 heterocycles. The van der Waals surface area contributed by atoms with Gasteiger partial charge in [-0.15, -0.1) is 0 Å². The Morgan fingerprint density at radius 3 is 2.45 bits per heavy atom. The molecule has 2 amide bonds. The van der Waals surface area contributed by atoms with E-state index in [0.29, 0.717) is 23.7 Å². The van der Waals surface area contributed by atoms with E-state index in [9.17, 15) is 9.59 Å². The maximum atomic E-state index is 13.4. The summed E-state index contributed by atoms with van der Waals surface area (Å²) in [5.74, 6) is -0.184. The summed E-state index contributed by atoms with van der Waals surface area (Å²) in [4.78, 5) is 27.6. The Morgan fingerprint density at radius 2 is 1.73 bits per heavy atom. The minimum absolute atomic E-state index is 0.0544. The van der Waals surface area contributed by atoms with E-state index in [-0.39, 0.29) is 24.3 Å². The molecule has 1 fully saturated rings. The van der Waals surface area contributed by atoms with Gasteiger partial charge >= 0.3 is 0 Å². The van der Waals surface area contributed by atoms with Gasteiger partial charge in [-0.2, -0.15) is 0 Å². The average Bonchev–Trinajstić information content (AvgIpc) is 3.36. The van der Waals surface area contributed by atoms with Crippen LogP contribution in [-0.4, -0.2) is 31.1 Å². The molecule has 4 rings (SSSR count). The fourth-order valence-corrected chi connectivity index (χ4v) is 4.04. The van der Waals surface area contributed by atoms with Crippen LogP contribution in [0.15, 0.2) is 78.9 Å². The largest absolute Gasteiger partial charge is 0.376 e. The number of anilines is 1. The van der Waals surface area contributed by atoms with Crippen molar-refractivity contribution in [2.45, 2.75) is 31.9 Å². The number of nitrogens with one attached hydrogen (secondary N) is 1. The molecule has 1 saturated heterocycles. The Bertz CT molecular complexity index is 1080. The van der Waals surface area contributed by atoms with Crippen LogP contribution in [0, 0.1) is 0 Å². The maximum Gasteiger partial charge on any atom is 0.258 e. The summed E-state index contributed by atoms with van der Waals surface area (Å²) >= 11 is 6.01. The highest BCUT2D eigenvalue weighted by molar-refractivity contribution is 6.30. The second-order valence-electron chi connectivity index (χ2n) is 8.17. The van der Waals surface area contributed by atoms with Crippen molar-refractivity contribution in [1.29, 1.82) is 0 Å². The monoisotopic (exact) mass is 462 g/mol. The first kappa shape index (κ1) is 23.0. The molecule has 1 unspecified atom stereocenters. The number of hydrogen-bond acceptors (Lipinski definition) is 3. The molecule has 0 saturated carbocycles. The molecule has 6 heteroatoms. The number of carbonyl (C=O) groups is 2. The van der Waals surface area contributed by atoms with Gasteiger partial charge in [-0.3, -0.25) is 9.59 Å². The van der Waals surface area contributed by atoms with Crippen LogP contribution in [0.2, 0.25) is 5.02 Å². The lowest BCUT2D eigenvalue weighted by Gasteiger charge is -2.24. The summed E-state index contributed by atoms with van der Waals surface area (Å²) in [6.45, 7) is 1.71. The quantitative estimate of drug-likeness (QED) is 0.511. The minimum atomic E-state index is -0.129. The summed E-state index contributed by atoms with van der Waals surface area (Å²) in [6.07, 6.45) is 2.38. The van der Waals surface area contributed by atoms with Crippen LogP contribution in [0.1, 0.15) is 34.3 Å². The third kappa shape index (κ3) is 6.44. The molecular formula is C27H27ClN2O3. The highest BCUT2D eigenvalue weighted by Gasteiger charge is 2.20. The van der Waals surface area contributed by atoms with Crippen molar-refractivity contribution in [3.05, 3.63) is 101 Å². The lowest BCUT2D eigenvalue weighted by atomic mass is 10.1. The van der Waals surface area contributed by atoms with Gasteiger partial charge in [0.05, 0.1) is 19.1 Å². The predicted octanol–water partition coefficient (Wildman–Crippen LogP) is 5.02. The Labute approximate surface area is 199 Å². The summed E-state index contributed by atoms with van der Waals surface area (Å²) in [7, 11) is 0. The van der Waals surface area contributed by atoms with E-state index >= 15 is 0 Å². The van der Waals surface area contributed by atoms with Gasteiger partial charge in [0.25, 0.3) is 5.91 Å². The Hall–Kier alpha value is -3.15. The number of carbonyl (C=O) groups excluding carboxylic acids is 2. The van der Waals surface area contributed by atoms with E-state index < -0.39 is 0 Å². The number of rotatable bonds is 8. The molecular weight excluding hydrogens is 436 g/mol. The fraction of sp³-hybridized carbons (Fsp3) is 0.259. The van der Waals surface area contributed by atoms with Gasteiger partial charge in [0.1, 0.15) is 0 Å². The first-order valence-electron chi connectivity index (χ1n) is 11.2. The van der Waals surface area contributed by atoms with Crippen LogP contribution in [0.3, 0.4) is 0 Å². The summed E-state index contributed by atoms with van der Waals surface area (Å²) in [5, 5.41) is 3.54. The molecule has 1 aliphatic heterocycles. The van der Waals surface area contributed by atoms with Gasteiger partial charge in [0.2, 0.25) is 5.91 Å². The standard InChI is InChI=1S/C27H27ClN2O3/c28-23-13-11-22(12-14-23)27(32)30(19-20-6-2-1-3-7-20)24-9-4-8-21(16-24)17-26(31)29-18-25-10-5-15-33-25/h1-4,6-9,11-14,16,25H,5,10,15,17-19H2,(H,29,31). The smallest absolute Gasteiger partial charge is 0.258 e. The van der Waals surface area contributed by atoms with Gasteiger partial charge in [-0.05, 0) is 60.4 Å². The molecule has 0 radical (unpaired) electrons. The van der Waals surface area contributed by atoms with E-state index in [0.717, 1.165) is 36.3 Å². The van der Waals surface area contributed by atoms with Crippen LogP contribution < -0.4 is 10.2 Å². The predicted molar refractivity (Wildman–Crippen MR) is 131 cm³/mol. The summed E-state index contributed by atoms with van der Waals surface area (Å²) < 4.78 is 5.57. The van der Waals surface area contributed by atoms with Crippen LogP contribution in [-0.2, 0) is 22.5 Å². The van der Waals surface area contributed by atoms with Crippen molar-refractivity contribution in [3.63, 3.8) is 0 Å². The molecule has 1 atom stereocenters. The topological polar surface area (TPSA) is 58.6 Å². The second kappa shape index (κ2) is 11.1. The molecule has 1 aliphatic rings. The van der Waals surface area contributed by atoms with Gasteiger partial charge in [0, 0.05) is 29.4 Å². The molecule has 0 spiro atoms. The van der Waals surface area contributed by atoms with Crippen LogP contribution >= 0.6 is 11.6 Å². The van der Waals surface area contributed by atoms with Crippen LogP contribution in [0.25, 0.3) is 0 Å². The summed E-state index contributed by atoms with van der Waals surface area (Å²) in [5.41, 5.74) is 3.15. The molecule has 0 bridgehead atoms. The Balaban J connectivity index is 1.52. The molecule has 1 N–H and O–H groups in total. The van der Waals surface area contributed by atoms with E-state index in [2.05, 4.69) is 5.32 Å². The van der Waals surface area contributed by atoms with Gasteiger partial charge in [-0.1, -0.05) is 54.1 Å². The second-order valence-corrected chi connectivity index (χ2v) is 8.61. The fourth-order valence-electron chi connectivity index (χ4n) is 3.91. The zero-order valence-corrected chi connectivity index (χ0v) is 19.1. The first-order chi connectivity index (χ1) is 16.1. The van der Waals surface area contributed by atoms with Crippen LogP contribution in [0.5, 0.6) is 0 Å². The van der Waals surface area contributed by atoms with Gasteiger partial charge in [0.15, 0.2) is 0 Å². The van der Waals surface area contributed by atoms with E-state index in [4.69, 9.17) is 16.3 Å². The zero-order valence-electron chi connectivity index (χ0n) is 18.4. The van der Waals surface area contributed by atoms with Crippen molar-refractivity contribution >= 4 is 29.1 Å². The minimum Gasteiger partial charge on any atom is -0.376 e. The van der Waals surface area contributed by atoms with Gasteiger partial charge < -0.3 is 15.0 Å². The summed E-state index contributed by atoms with van der Waals surface area (Å²) in [6, 6.07) is 24.3. The highest BCUT2D eigenvalue weighted by atomic mass is 35.5. The molecule has 5 nitrogen and oxygen atoms in total. The van der Waals surface area contributed by atoms with Crippen molar-refractivity contribution in [3.8, 4) is 0 Å². The Kier molecular flexibility index (Phi) is 7.76. The third-order valence-corrected chi connectivity index (χ3v) is 5.91. The molecule has 3 aromatic carbocycles. The van der Waals surface area contributed by atoms with Crippen molar-refractivity contribution in [1.82, 2.24) is 5.32 Å². The van der Waals surface area contributed by atoms with E-state index in [1.165, 1.54) is 0 Å². The zero-order chi connectivity index (χ0) is 23.0. The molecule has 33 heavy (non-hydrogen) atoms. The van der Waals surface area contributed by atoms with Crippen molar-refractivity contribution < 1.29 is 14.3 Å². The lowest BCUT2D eigenvalue weighted by molar-refractivity contribution is -0.120. The normalized spacial score (nSPS) is 15.2. The van der Waals surface area contributed by atoms with Crippen LogP contribution in [0.4, 0.5) is 5.69 Å². The maximum absolute atomic E-state index is 13.4. The number of nitrogens with zero attached hydrogens (tertiary/aromatic N) is 1. The average molecular weight is 463 g/mol. The highest BCUT2D eigenvalue weighted by Crippen LogP contribution is 2.23. The SMILES string of the molecule is O=C(Cc1cccc(N(Cc2ccccc2)C(=O)c2ccc(Cl)cc2)c1)NCC1CCCO1. The number of ether oxygens (including phenoxy) is 1. The third-order valence-electron chi connectivity index (χ3n) is 5.66. The molecule has 0 aliphatic carbocycles. The molecule has 0 aromatic heterocycles. The number of benzene rings is 3. The Morgan fingerprint density at radius 1 is 0.970 bits per heavy atom.